The highest BCUT2D eigenvalue weighted by atomic mass is 127. The van der Waals surface area contributed by atoms with Gasteiger partial charge in [0.1, 0.15) is 6.61 Å². The van der Waals surface area contributed by atoms with Crippen LogP contribution in [0.2, 0.25) is 5.02 Å². The Hall–Kier alpha value is -3.10. The van der Waals surface area contributed by atoms with Crippen molar-refractivity contribution in [1.82, 2.24) is 5.43 Å². The molecule has 0 aliphatic heterocycles. The molecule has 4 aromatic carbocycles. The number of hydrogen-bond donors (Lipinski definition) is 1. The van der Waals surface area contributed by atoms with Gasteiger partial charge in [-0.05, 0) is 80.9 Å². The zero-order valence-corrected chi connectivity index (χ0v) is 20.6. The number of nitrogens with zero attached hydrogens (tertiary/aromatic N) is 1. The van der Waals surface area contributed by atoms with E-state index >= 15 is 0 Å². The minimum absolute atomic E-state index is 0.320. The molecule has 4 rings (SSSR count). The van der Waals surface area contributed by atoms with Crippen molar-refractivity contribution in [3.8, 4) is 11.5 Å². The highest BCUT2D eigenvalue weighted by molar-refractivity contribution is 14.1. The molecular weight excluding hydrogens is 551 g/mol. The molecule has 4 aromatic rings. The van der Waals surface area contributed by atoms with Gasteiger partial charge in [0.2, 0.25) is 0 Å². The van der Waals surface area contributed by atoms with E-state index in [-0.39, 0.29) is 5.91 Å². The second-order valence-corrected chi connectivity index (χ2v) is 8.77. The number of nitrogens with one attached hydrogen (secondary N) is 1. The van der Waals surface area contributed by atoms with Crippen LogP contribution in [0.5, 0.6) is 11.5 Å². The van der Waals surface area contributed by atoms with Crippen LogP contribution in [-0.2, 0) is 6.61 Å². The Morgan fingerprint density at radius 3 is 2.61 bits per heavy atom. The van der Waals surface area contributed by atoms with Gasteiger partial charge in [-0.15, -0.1) is 0 Å². The van der Waals surface area contributed by atoms with Crippen molar-refractivity contribution < 1.29 is 14.3 Å². The third-order valence-electron chi connectivity index (χ3n) is 4.99. The van der Waals surface area contributed by atoms with Gasteiger partial charge in [0.05, 0.1) is 16.9 Å². The van der Waals surface area contributed by atoms with E-state index in [1.807, 2.05) is 30.3 Å². The second-order valence-electron chi connectivity index (χ2n) is 7.17. The predicted molar refractivity (Wildman–Crippen MR) is 141 cm³/mol. The van der Waals surface area contributed by atoms with Crippen LogP contribution in [0.15, 0.2) is 84.0 Å². The molecule has 0 aliphatic rings. The smallest absolute Gasteiger partial charge is 0.271 e. The molecule has 0 fully saturated rings. The van der Waals surface area contributed by atoms with Gasteiger partial charge in [0.15, 0.2) is 11.5 Å². The zero-order valence-electron chi connectivity index (χ0n) is 17.7. The van der Waals surface area contributed by atoms with E-state index in [0.29, 0.717) is 28.7 Å². The highest BCUT2D eigenvalue weighted by Crippen LogP contribution is 2.34. The van der Waals surface area contributed by atoms with Crippen molar-refractivity contribution in [1.29, 1.82) is 0 Å². The van der Waals surface area contributed by atoms with Crippen LogP contribution in [0.1, 0.15) is 21.5 Å². The normalized spacial score (nSPS) is 11.0. The number of benzene rings is 4. The topological polar surface area (TPSA) is 59.9 Å². The number of methoxy groups -OCH3 is 1. The van der Waals surface area contributed by atoms with Gasteiger partial charge in [0.25, 0.3) is 5.91 Å². The lowest BCUT2D eigenvalue weighted by molar-refractivity contribution is 0.0955. The summed E-state index contributed by atoms with van der Waals surface area (Å²) in [6.45, 7) is 0.415. The first-order valence-electron chi connectivity index (χ1n) is 10.1. The Morgan fingerprint density at radius 2 is 1.82 bits per heavy atom. The summed E-state index contributed by atoms with van der Waals surface area (Å²) in [5.74, 6) is 0.931. The van der Waals surface area contributed by atoms with Crippen LogP contribution in [0.3, 0.4) is 0 Å². The highest BCUT2D eigenvalue weighted by Gasteiger charge is 2.12. The molecular formula is C26H20ClIN2O3. The van der Waals surface area contributed by atoms with E-state index in [9.17, 15) is 4.79 Å². The fourth-order valence-electron chi connectivity index (χ4n) is 3.35. The summed E-state index contributed by atoms with van der Waals surface area (Å²) in [5, 5.41) is 6.96. The Balaban J connectivity index is 1.47. The molecule has 0 aromatic heterocycles. The summed E-state index contributed by atoms with van der Waals surface area (Å²) in [7, 11) is 1.60. The van der Waals surface area contributed by atoms with Crippen molar-refractivity contribution in [2.75, 3.05) is 7.11 Å². The second kappa shape index (κ2) is 10.7. The monoisotopic (exact) mass is 570 g/mol. The first-order chi connectivity index (χ1) is 16.0. The van der Waals surface area contributed by atoms with Crippen LogP contribution < -0.4 is 14.9 Å². The molecule has 0 spiro atoms. The first kappa shape index (κ1) is 23.1. The average Bonchev–Trinajstić information content (AvgIpc) is 2.83. The number of amides is 1. The Bertz CT molecular complexity index is 1320. The van der Waals surface area contributed by atoms with Crippen LogP contribution in [-0.4, -0.2) is 19.2 Å². The molecule has 0 heterocycles. The number of carbonyl (C=O) groups is 1. The van der Waals surface area contributed by atoms with Crippen LogP contribution >= 0.6 is 34.2 Å². The van der Waals surface area contributed by atoms with E-state index in [1.54, 1.807) is 37.6 Å². The lowest BCUT2D eigenvalue weighted by Gasteiger charge is -2.14. The number of hydrazone groups is 1. The maximum absolute atomic E-state index is 12.2. The summed E-state index contributed by atoms with van der Waals surface area (Å²) in [4.78, 5) is 12.2. The molecule has 33 heavy (non-hydrogen) atoms. The summed E-state index contributed by atoms with van der Waals surface area (Å²) >= 11 is 8.06. The lowest BCUT2D eigenvalue weighted by Crippen LogP contribution is -2.17. The zero-order chi connectivity index (χ0) is 23.2. The summed E-state index contributed by atoms with van der Waals surface area (Å²) in [6.07, 6.45) is 1.56. The number of fused-ring (bicyclic) bond motifs is 1. The molecule has 0 saturated heterocycles. The summed E-state index contributed by atoms with van der Waals surface area (Å²) in [5.41, 5.74) is 4.86. The minimum Gasteiger partial charge on any atom is -0.493 e. The third kappa shape index (κ3) is 5.64. The third-order valence-corrected chi connectivity index (χ3v) is 6.04. The molecule has 0 unspecified atom stereocenters. The Kier molecular flexibility index (Phi) is 7.47. The van der Waals surface area contributed by atoms with Gasteiger partial charge in [-0.1, -0.05) is 54.1 Å². The van der Waals surface area contributed by atoms with Crippen molar-refractivity contribution in [2.24, 2.45) is 5.10 Å². The largest absolute Gasteiger partial charge is 0.493 e. The van der Waals surface area contributed by atoms with E-state index in [2.05, 4.69) is 57.4 Å². The minimum atomic E-state index is -0.320. The molecule has 0 saturated carbocycles. The van der Waals surface area contributed by atoms with Gasteiger partial charge in [-0.3, -0.25) is 4.79 Å². The molecule has 0 atom stereocenters. The van der Waals surface area contributed by atoms with Gasteiger partial charge in [-0.25, -0.2) is 5.43 Å². The standard InChI is InChI=1S/C26H20ClIN2O3/c1-32-24-14-17(15-29-30-26(31)19-9-11-21(27)12-10-19)13-23(28)25(24)33-16-20-7-4-6-18-5-2-3-8-22(18)20/h2-15H,16H2,1H3,(H,30,31)/b29-15+. The van der Waals surface area contributed by atoms with Gasteiger partial charge >= 0.3 is 0 Å². The predicted octanol–water partition coefficient (Wildman–Crippen LogP) is 6.45. The number of halogens is 2. The maximum atomic E-state index is 12.2. The summed E-state index contributed by atoms with van der Waals surface area (Å²) in [6, 6.07) is 24.7. The average molecular weight is 571 g/mol. The molecule has 166 valence electrons. The molecule has 1 amide bonds. The SMILES string of the molecule is COc1cc(/C=N/NC(=O)c2ccc(Cl)cc2)cc(I)c1OCc1cccc2ccccc12. The van der Waals surface area contributed by atoms with E-state index < -0.39 is 0 Å². The molecule has 0 aliphatic carbocycles. The van der Waals surface area contributed by atoms with Gasteiger partial charge in [0, 0.05) is 10.6 Å². The molecule has 0 bridgehead atoms. The van der Waals surface area contributed by atoms with Crippen LogP contribution in [0.4, 0.5) is 0 Å². The quantitative estimate of drug-likeness (QED) is 0.158. The van der Waals surface area contributed by atoms with E-state index in [0.717, 1.165) is 20.1 Å². The van der Waals surface area contributed by atoms with Crippen molar-refractivity contribution in [3.05, 3.63) is 104 Å². The number of ether oxygens (including phenoxy) is 2. The molecule has 1 N–H and O–H groups in total. The van der Waals surface area contributed by atoms with Gasteiger partial charge in [-0.2, -0.15) is 5.10 Å². The number of carbonyl (C=O) groups excluding carboxylic acids is 1. The number of hydrogen-bond acceptors (Lipinski definition) is 4. The van der Waals surface area contributed by atoms with Crippen molar-refractivity contribution >= 4 is 57.1 Å². The van der Waals surface area contributed by atoms with Gasteiger partial charge < -0.3 is 9.47 Å². The van der Waals surface area contributed by atoms with Crippen molar-refractivity contribution in [3.63, 3.8) is 0 Å². The van der Waals surface area contributed by atoms with Crippen LogP contribution in [0, 0.1) is 3.57 Å². The fourth-order valence-corrected chi connectivity index (χ4v) is 4.26. The first-order valence-corrected chi connectivity index (χ1v) is 11.6. The molecule has 0 radical (unpaired) electrons. The van der Waals surface area contributed by atoms with E-state index in [4.69, 9.17) is 21.1 Å². The number of rotatable bonds is 7. The molecule has 5 nitrogen and oxygen atoms in total. The lowest BCUT2D eigenvalue weighted by atomic mass is 10.1. The van der Waals surface area contributed by atoms with Crippen LogP contribution in [0.25, 0.3) is 10.8 Å². The fraction of sp³-hybridized carbons (Fsp3) is 0.0769. The summed E-state index contributed by atoms with van der Waals surface area (Å²) < 4.78 is 12.6. The Morgan fingerprint density at radius 1 is 1.06 bits per heavy atom. The maximum Gasteiger partial charge on any atom is 0.271 e. The molecule has 7 heteroatoms. The van der Waals surface area contributed by atoms with E-state index in [1.165, 1.54) is 5.39 Å². The van der Waals surface area contributed by atoms with Crippen molar-refractivity contribution in [2.45, 2.75) is 6.61 Å². The Labute approximate surface area is 210 Å².